The lowest BCUT2D eigenvalue weighted by Crippen LogP contribution is -2.14. The van der Waals surface area contributed by atoms with Crippen molar-refractivity contribution >= 4 is 54.1 Å². The second kappa shape index (κ2) is 9.71. The van der Waals surface area contributed by atoms with Crippen molar-refractivity contribution < 1.29 is 0 Å². The first kappa shape index (κ1) is 26.6. The topological polar surface area (TPSA) is 30.7 Å². The molecule has 3 nitrogen and oxygen atoms in total. The van der Waals surface area contributed by atoms with Crippen molar-refractivity contribution in [1.29, 1.82) is 0 Å². The summed E-state index contributed by atoms with van der Waals surface area (Å²) in [6.07, 6.45) is 0. The highest BCUT2D eigenvalue weighted by molar-refractivity contribution is 7.23. The van der Waals surface area contributed by atoms with Crippen molar-refractivity contribution in [2.75, 3.05) is 0 Å². The summed E-state index contributed by atoms with van der Waals surface area (Å²) in [6.45, 7) is 4.75. The average molecular weight is 620 g/mol. The molecule has 0 bridgehead atoms. The maximum atomic E-state index is 5.19. The number of thiophene rings is 1. The molecule has 9 aromatic rings. The van der Waals surface area contributed by atoms with E-state index < -0.39 is 0 Å². The van der Waals surface area contributed by atoms with Crippen LogP contribution >= 0.6 is 11.3 Å². The third-order valence-electron chi connectivity index (χ3n) is 9.97. The van der Waals surface area contributed by atoms with Crippen molar-refractivity contribution in [1.82, 2.24) is 14.5 Å². The molecule has 10 rings (SSSR count). The summed E-state index contributed by atoms with van der Waals surface area (Å²) in [5.74, 6) is 0.726. The lowest BCUT2D eigenvalue weighted by molar-refractivity contribution is 0.667. The largest absolute Gasteiger partial charge is 0.308 e. The van der Waals surface area contributed by atoms with Crippen molar-refractivity contribution in [3.63, 3.8) is 0 Å². The van der Waals surface area contributed by atoms with Gasteiger partial charge in [0, 0.05) is 43.3 Å². The van der Waals surface area contributed by atoms with Crippen LogP contribution in [0.15, 0.2) is 140 Å². The minimum Gasteiger partial charge on any atom is -0.308 e. The fourth-order valence-corrected chi connectivity index (χ4v) is 9.39. The zero-order chi connectivity index (χ0) is 31.3. The molecule has 0 saturated carbocycles. The summed E-state index contributed by atoms with van der Waals surface area (Å²) >= 11 is 1.94. The van der Waals surface area contributed by atoms with Crippen LogP contribution in [0.25, 0.3) is 81.6 Å². The van der Waals surface area contributed by atoms with Crippen LogP contribution in [0.3, 0.4) is 0 Å². The van der Waals surface area contributed by atoms with Gasteiger partial charge in [-0.05, 0) is 46.3 Å². The monoisotopic (exact) mass is 619 g/mol. The molecule has 0 spiro atoms. The smallest absolute Gasteiger partial charge is 0.160 e. The zero-order valence-corrected chi connectivity index (χ0v) is 26.8. The van der Waals surface area contributed by atoms with Crippen LogP contribution in [-0.4, -0.2) is 14.5 Å². The van der Waals surface area contributed by atoms with Gasteiger partial charge in [0.25, 0.3) is 0 Å². The Bertz CT molecular complexity index is 2710. The second-order valence-electron chi connectivity index (χ2n) is 13.0. The SMILES string of the molecule is CC1(C)c2ccccc2-c2sc3c(ccc4c5ccccc5n(-c5cccc(-c6nc(-c7ccccc7)c7ccccc7n6)c5)c43)c21. The van der Waals surface area contributed by atoms with E-state index in [9.17, 15) is 0 Å². The molecule has 1 aliphatic rings. The molecule has 0 amide bonds. The number of aromatic nitrogens is 3. The van der Waals surface area contributed by atoms with Crippen LogP contribution in [0.5, 0.6) is 0 Å². The van der Waals surface area contributed by atoms with Crippen LogP contribution < -0.4 is 0 Å². The Morgan fingerprint density at radius 2 is 1.32 bits per heavy atom. The highest BCUT2D eigenvalue weighted by atomic mass is 32.1. The van der Waals surface area contributed by atoms with Crippen molar-refractivity contribution in [2.45, 2.75) is 19.3 Å². The minimum atomic E-state index is -0.0570. The number of hydrogen-bond acceptors (Lipinski definition) is 3. The van der Waals surface area contributed by atoms with Gasteiger partial charge >= 0.3 is 0 Å². The van der Waals surface area contributed by atoms with E-state index in [-0.39, 0.29) is 5.41 Å². The molecule has 0 radical (unpaired) electrons. The Labute approximate surface area is 276 Å². The van der Waals surface area contributed by atoms with E-state index in [0.717, 1.165) is 39.2 Å². The molecule has 6 aromatic carbocycles. The minimum absolute atomic E-state index is 0.0570. The summed E-state index contributed by atoms with van der Waals surface area (Å²) in [6, 6.07) is 49.9. The van der Waals surface area contributed by atoms with Gasteiger partial charge in [0.05, 0.1) is 26.9 Å². The first-order valence-electron chi connectivity index (χ1n) is 16.1. The Kier molecular flexibility index (Phi) is 5.50. The van der Waals surface area contributed by atoms with E-state index in [4.69, 9.17) is 9.97 Å². The van der Waals surface area contributed by atoms with Gasteiger partial charge in [-0.15, -0.1) is 11.3 Å². The Morgan fingerprint density at radius 1 is 0.596 bits per heavy atom. The van der Waals surface area contributed by atoms with Crippen LogP contribution in [-0.2, 0) is 5.41 Å². The molecule has 0 saturated heterocycles. The lowest BCUT2D eigenvalue weighted by Gasteiger charge is -2.21. The molecule has 0 fully saturated rings. The van der Waals surface area contributed by atoms with Gasteiger partial charge in [-0.3, -0.25) is 0 Å². The van der Waals surface area contributed by atoms with E-state index >= 15 is 0 Å². The number of para-hydroxylation sites is 2. The van der Waals surface area contributed by atoms with E-state index in [0.29, 0.717) is 0 Å². The molecule has 3 aromatic heterocycles. The van der Waals surface area contributed by atoms with E-state index in [1.54, 1.807) is 0 Å². The third kappa shape index (κ3) is 3.73. The molecule has 0 unspecified atom stereocenters. The first-order valence-corrected chi connectivity index (χ1v) is 16.9. The van der Waals surface area contributed by atoms with E-state index in [2.05, 4.69) is 146 Å². The number of hydrogen-bond donors (Lipinski definition) is 0. The van der Waals surface area contributed by atoms with Gasteiger partial charge in [0.2, 0.25) is 0 Å². The molecule has 4 heteroatoms. The summed E-state index contributed by atoms with van der Waals surface area (Å²) < 4.78 is 3.80. The number of rotatable bonds is 3. The van der Waals surface area contributed by atoms with Gasteiger partial charge in [0.15, 0.2) is 5.82 Å². The standard InChI is InChI=1S/C43H29N3S/c1-43(2)34-20-9-6-18-31(34)40-37(43)33-24-23-30-29-17-8-11-22-36(29)46(39(30)41(33)47-40)28-16-12-15-27(25-28)42-44-35-21-10-7-19-32(35)38(45-42)26-13-4-3-5-14-26/h3-25H,1-2H3. The van der Waals surface area contributed by atoms with Crippen LogP contribution in [0.4, 0.5) is 0 Å². The van der Waals surface area contributed by atoms with Gasteiger partial charge in [-0.1, -0.05) is 129 Å². The first-order chi connectivity index (χ1) is 23.1. The highest BCUT2D eigenvalue weighted by Gasteiger charge is 2.39. The summed E-state index contributed by atoms with van der Waals surface area (Å²) in [5.41, 5.74) is 11.7. The molecule has 222 valence electrons. The van der Waals surface area contributed by atoms with E-state index in [1.165, 1.54) is 53.5 Å². The van der Waals surface area contributed by atoms with Crippen LogP contribution in [0, 0.1) is 0 Å². The number of nitrogens with zero attached hydrogens (tertiary/aromatic N) is 3. The molecule has 0 aliphatic heterocycles. The predicted octanol–water partition coefficient (Wildman–Crippen LogP) is 11.6. The van der Waals surface area contributed by atoms with E-state index in [1.807, 2.05) is 23.5 Å². The lowest BCUT2D eigenvalue weighted by atomic mass is 9.81. The van der Waals surface area contributed by atoms with Crippen molar-refractivity contribution in [3.05, 3.63) is 151 Å². The molecular weight excluding hydrogens is 591 g/mol. The average Bonchev–Trinajstić information content (AvgIpc) is 3.75. The quantitative estimate of drug-likeness (QED) is 0.197. The Morgan fingerprint density at radius 3 is 2.21 bits per heavy atom. The van der Waals surface area contributed by atoms with Crippen LogP contribution in [0.2, 0.25) is 0 Å². The van der Waals surface area contributed by atoms with Gasteiger partial charge in [-0.25, -0.2) is 9.97 Å². The highest BCUT2D eigenvalue weighted by Crippen LogP contribution is 2.56. The van der Waals surface area contributed by atoms with Crippen molar-refractivity contribution in [3.8, 4) is 38.8 Å². The maximum Gasteiger partial charge on any atom is 0.160 e. The predicted molar refractivity (Wildman–Crippen MR) is 198 cm³/mol. The Hall–Kier alpha value is -5.58. The normalized spacial score (nSPS) is 13.5. The molecular formula is C43H29N3S. The molecule has 0 N–H and O–H groups in total. The number of fused-ring (bicyclic) bond motifs is 10. The molecule has 3 heterocycles. The molecule has 47 heavy (non-hydrogen) atoms. The molecule has 0 atom stereocenters. The van der Waals surface area contributed by atoms with Crippen molar-refractivity contribution in [2.24, 2.45) is 0 Å². The fraction of sp³-hybridized carbons (Fsp3) is 0.0698. The second-order valence-corrected chi connectivity index (χ2v) is 14.0. The number of benzene rings is 6. The van der Waals surface area contributed by atoms with Crippen LogP contribution in [0.1, 0.15) is 25.0 Å². The third-order valence-corrected chi connectivity index (χ3v) is 11.2. The summed E-state index contributed by atoms with van der Waals surface area (Å²) in [4.78, 5) is 11.7. The van der Waals surface area contributed by atoms with Gasteiger partial charge < -0.3 is 4.57 Å². The fourth-order valence-electron chi connectivity index (χ4n) is 7.85. The van der Waals surface area contributed by atoms with Gasteiger partial charge in [0.1, 0.15) is 0 Å². The molecule has 1 aliphatic carbocycles. The maximum absolute atomic E-state index is 5.19. The summed E-state index contributed by atoms with van der Waals surface area (Å²) in [5, 5.41) is 4.94. The Balaban J connectivity index is 1.24. The summed E-state index contributed by atoms with van der Waals surface area (Å²) in [7, 11) is 0. The van der Waals surface area contributed by atoms with Gasteiger partial charge in [-0.2, -0.15) is 0 Å². The zero-order valence-electron chi connectivity index (χ0n) is 26.0.